The van der Waals surface area contributed by atoms with Gasteiger partial charge in [0.05, 0.1) is 18.8 Å². The Morgan fingerprint density at radius 1 is 1.02 bits per heavy atom. The highest BCUT2D eigenvalue weighted by Crippen LogP contribution is 2.31. The van der Waals surface area contributed by atoms with E-state index in [-0.39, 0.29) is 30.3 Å². The summed E-state index contributed by atoms with van der Waals surface area (Å²) in [6, 6.07) is 14.2. The van der Waals surface area contributed by atoms with Crippen LogP contribution in [-0.2, 0) is 11.3 Å². The average molecular weight is 627 g/mol. The van der Waals surface area contributed by atoms with Gasteiger partial charge in [0.25, 0.3) is 0 Å². The van der Waals surface area contributed by atoms with Gasteiger partial charge in [-0.05, 0) is 47.9 Å². The van der Waals surface area contributed by atoms with Crippen LogP contribution in [0.1, 0.15) is 37.4 Å². The summed E-state index contributed by atoms with van der Waals surface area (Å²) in [4.78, 5) is 44.5. The minimum Gasteiger partial charge on any atom is -0.497 e. The molecule has 2 aromatic carbocycles. The fraction of sp³-hybridized carbons (Fsp3) is 0.364. The maximum Gasteiger partial charge on any atom is 0.321 e. The van der Waals surface area contributed by atoms with E-state index in [1.807, 2.05) is 24.3 Å². The number of fused-ring (bicyclic) bond motifs is 1. The largest absolute Gasteiger partial charge is 0.497 e. The number of imidazole rings is 1. The fourth-order valence-corrected chi connectivity index (χ4v) is 5.45. The molecule has 1 unspecified atom stereocenters. The SMILES string of the molecule is COc1ccc(NC(=O)N2CCN(c3cc(C(C)C)nc(-n4ccnc4)n3)C(CC(=O)NCc3ccc4c(c3)OCCO4)C2)cc1. The van der Waals surface area contributed by atoms with Crippen LogP contribution in [0, 0.1) is 0 Å². The topological polar surface area (TPSA) is 136 Å². The smallest absolute Gasteiger partial charge is 0.321 e. The fourth-order valence-electron chi connectivity index (χ4n) is 5.45. The van der Waals surface area contributed by atoms with Crippen molar-refractivity contribution in [1.29, 1.82) is 0 Å². The molecule has 3 amide bonds. The zero-order chi connectivity index (χ0) is 32.0. The van der Waals surface area contributed by atoms with Crippen molar-refractivity contribution in [1.82, 2.24) is 29.7 Å². The molecular weight excluding hydrogens is 588 g/mol. The van der Waals surface area contributed by atoms with E-state index in [0.29, 0.717) is 74.1 Å². The van der Waals surface area contributed by atoms with Crippen molar-refractivity contribution in [2.45, 2.75) is 38.8 Å². The number of hydrogen-bond acceptors (Lipinski definition) is 9. The second-order valence-electron chi connectivity index (χ2n) is 11.5. The van der Waals surface area contributed by atoms with Gasteiger partial charge in [-0.2, -0.15) is 4.98 Å². The van der Waals surface area contributed by atoms with Gasteiger partial charge in [-0.25, -0.2) is 14.8 Å². The number of aromatic nitrogens is 4. The van der Waals surface area contributed by atoms with Crippen molar-refractivity contribution in [3.05, 3.63) is 78.5 Å². The standard InChI is InChI=1S/C33H38N8O5/c1-22(2)27-18-30(38-32(37-27)40-11-10-34-21-40)41-13-12-39(33(43)36-24-5-7-26(44-3)8-6-24)20-25(41)17-31(42)35-19-23-4-9-28-29(16-23)46-15-14-45-28/h4-11,16,18,21-22,25H,12-15,17,19-20H2,1-3H3,(H,35,42)(H,36,43). The molecule has 46 heavy (non-hydrogen) atoms. The number of ether oxygens (including phenoxy) is 3. The normalized spacial score (nSPS) is 15.9. The second-order valence-corrected chi connectivity index (χ2v) is 11.5. The quantitative estimate of drug-likeness (QED) is 0.283. The molecule has 2 aromatic heterocycles. The Balaban J connectivity index is 1.21. The van der Waals surface area contributed by atoms with Crippen LogP contribution in [0.2, 0.25) is 0 Å². The van der Waals surface area contributed by atoms with Gasteiger partial charge in [-0.1, -0.05) is 19.9 Å². The number of carbonyl (C=O) groups is 2. The number of rotatable bonds is 9. The lowest BCUT2D eigenvalue weighted by molar-refractivity contribution is -0.121. The van der Waals surface area contributed by atoms with E-state index in [1.54, 1.807) is 59.6 Å². The number of methoxy groups -OCH3 is 1. The molecule has 4 aromatic rings. The van der Waals surface area contributed by atoms with Gasteiger partial charge >= 0.3 is 6.03 Å². The maximum absolute atomic E-state index is 13.4. The van der Waals surface area contributed by atoms with E-state index in [1.165, 1.54) is 0 Å². The van der Waals surface area contributed by atoms with E-state index in [9.17, 15) is 9.59 Å². The van der Waals surface area contributed by atoms with Gasteiger partial charge in [0, 0.05) is 56.7 Å². The molecule has 6 rings (SSSR count). The minimum absolute atomic E-state index is 0.143. The number of anilines is 2. The Morgan fingerprint density at radius 3 is 2.57 bits per heavy atom. The zero-order valence-electron chi connectivity index (χ0n) is 26.2. The summed E-state index contributed by atoms with van der Waals surface area (Å²) in [6.07, 6.45) is 5.29. The number of urea groups is 1. The summed E-state index contributed by atoms with van der Waals surface area (Å²) < 4.78 is 18.3. The third kappa shape index (κ3) is 7.14. The van der Waals surface area contributed by atoms with Crippen LogP contribution in [0.5, 0.6) is 17.2 Å². The van der Waals surface area contributed by atoms with Crippen LogP contribution in [-0.4, -0.2) is 82.4 Å². The van der Waals surface area contributed by atoms with Crippen LogP contribution in [0.25, 0.3) is 5.95 Å². The summed E-state index contributed by atoms with van der Waals surface area (Å²) in [6.45, 7) is 6.74. The molecule has 0 radical (unpaired) electrons. The average Bonchev–Trinajstić information content (AvgIpc) is 3.63. The van der Waals surface area contributed by atoms with Crippen LogP contribution in [0.4, 0.5) is 16.3 Å². The van der Waals surface area contributed by atoms with Crippen molar-refractivity contribution < 1.29 is 23.8 Å². The van der Waals surface area contributed by atoms with Gasteiger partial charge in [-0.15, -0.1) is 0 Å². The Morgan fingerprint density at radius 2 is 1.83 bits per heavy atom. The Bertz CT molecular complexity index is 1660. The summed E-state index contributed by atoms with van der Waals surface area (Å²) in [5.41, 5.74) is 2.43. The Kier molecular flexibility index (Phi) is 9.18. The zero-order valence-corrected chi connectivity index (χ0v) is 26.2. The number of nitrogens with zero attached hydrogens (tertiary/aromatic N) is 6. The van der Waals surface area contributed by atoms with Crippen LogP contribution in [0.15, 0.2) is 67.3 Å². The van der Waals surface area contributed by atoms with Gasteiger partial charge in [0.1, 0.15) is 31.1 Å². The number of hydrogen-bond donors (Lipinski definition) is 2. The second kappa shape index (κ2) is 13.8. The lowest BCUT2D eigenvalue weighted by Crippen LogP contribution is -2.57. The maximum atomic E-state index is 13.4. The highest BCUT2D eigenvalue weighted by molar-refractivity contribution is 5.89. The molecule has 2 aliphatic heterocycles. The van der Waals surface area contributed by atoms with E-state index in [0.717, 1.165) is 11.3 Å². The van der Waals surface area contributed by atoms with E-state index in [4.69, 9.17) is 24.2 Å². The lowest BCUT2D eigenvalue weighted by Gasteiger charge is -2.42. The molecule has 4 heterocycles. The molecule has 1 atom stereocenters. The first-order valence-electron chi connectivity index (χ1n) is 15.4. The van der Waals surface area contributed by atoms with Crippen molar-refractivity contribution >= 4 is 23.4 Å². The predicted molar refractivity (Wildman–Crippen MR) is 172 cm³/mol. The van der Waals surface area contributed by atoms with Gasteiger partial charge in [-0.3, -0.25) is 9.36 Å². The first-order valence-corrected chi connectivity index (χ1v) is 15.4. The highest BCUT2D eigenvalue weighted by Gasteiger charge is 2.33. The van der Waals surface area contributed by atoms with Crippen LogP contribution < -0.4 is 29.7 Å². The first-order chi connectivity index (χ1) is 22.4. The molecular formula is C33H38N8O5. The summed E-state index contributed by atoms with van der Waals surface area (Å²) >= 11 is 0. The van der Waals surface area contributed by atoms with E-state index >= 15 is 0 Å². The van der Waals surface area contributed by atoms with Gasteiger partial charge < -0.3 is 34.6 Å². The minimum atomic E-state index is -0.346. The van der Waals surface area contributed by atoms with Crippen molar-refractivity contribution in [2.75, 3.05) is 50.2 Å². The monoisotopic (exact) mass is 626 g/mol. The van der Waals surface area contributed by atoms with Crippen molar-refractivity contribution in [3.63, 3.8) is 0 Å². The summed E-state index contributed by atoms with van der Waals surface area (Å²) in [5.74, 6) is 3.28. The molecule has 2 N–H and O–H groups in total. The third-order valence-corrected chi connectivity index (χ3v) is 7.97. The molecule has 1 fully saturated rings. The first kappa shape index (κ1) is 30.7. The molecule has 240 valence electrons. The number of nitrogens with one attached hydrogen (secondary N) is 2. The number of amides is 3. The molecule has 13 heteroatoms. The number of carbonyl (C=O) groups excluding carboxylic acids is 2. The molecule has 0 spiro atoms. The molecule has 0 bridgehead atoms. The van der Waals surface area contributed by atoms with Crippen molar-refractivity contribution in [3.8, 4) is 23.2 Å². The molecule has 1 saturated heterocycles. The van der Waals surface area contributed by atoms with Gasteiger partial charge in [0.2, 0.25) is 11.9 Å². The molecule has 0 saturated carbocycles. The van der Waals surface area contributed by atoms with Gasteiger partial charge in [0.15, 0.2) is 11.5 Å². The molecule has 2 aliphatic rings. The highest BCUT2D eigenvalue weighted by atomic mass is 16.6. The van der Waals surface area contributed by atoms with Crippen LogP contribution >= 0.6 is 0 Å². The molecule has 13 nitrogen and oxygen atoms in total. The Hall–Kier alpha value is -5.33. The number of benzene rings is 2. The molecule has 0 aliphatic carbocycles. The Labute approximate surface area is 267 Å². The van der Waals surface area contributed by atoms with E-state index in [2.05, 4.69) is 34.4 Å². The van der Waals surface area contributed by atoms with Crippen LogP contribution in [0.3, 0.4) is 0 Å². The predicted octanol–water partition coefficient (Wildman–Crippen LogP) is 3.99. The van der Waals surface area contributed by atoms with Crippen molar-refractivity contribution in [2.24, 2.45) is 0 Å². The summed E-state index contributed by atoms with van der Waals surface area (Å²) in [7, 11) is 1.60. The van der Waals surface area contributed by atoms with E-state index < -0.39 is 0 Å². The third-order valence-electron chi connectivity index (χ3n) is 7.97. The summed E-state index contributed by atoms with van der Waals surface area (Å²) in [5, 5.41) is 6.01. The lowest BCUT2D eigenvalue weighted by atomic mass is 10.1. The number of piperazine rings is 1.